The Balaban J connectivity index is 2.84. The number of carboxylic acid groups (broad SMARTS) is 1. The molecular weight excluding hydrogens is 168 g/mol. The van der Waals surface area contributed by atoms with Crippen LogP contribution in [0.15, 0.2) is 0 Å². The highest BCUT2D eigenvalue weighted by Crippen LogP contribution is 2.18. The van der Waals surface area contributed by atoms with Gasteiger partial charge < -0.3 is 5.11 Å². The Morgan fingerprint density at radius 1 is 1.50 bits per heavy atom. The molecule has 0 aliphatic heterocycles. The second kappa shape index (κ2) is 7.28. The average Bonchev–Trinajstić information content (AvgIpc) is 1.87. The van der Waals surface area contributed by atoms with E-state index in [1.54, 1.807) is 21.6 Å². The molecule has 0 spiro atoms. The van der Waals surface area contributed by atoms with Crippen LogP contribution in [0.1, 0.15) is 19.3 Å². The van der Waals surface area contributed by atoms with Gasteiger partial charge in [-0.3, -0.25) is 4.79 Å². The molecule has 4 heteroatoms. The van der Waals surface area contributed by atoms with E-state index in [4.69, 9.17) is 5.11 Å². The Morgan fingerprint density at radius 3 is 2.70 bits per heavy atom. The standard InChI is InChI=1S/C6H12O2S2/c1-9-10-5-3-2-4-6(7)8/h2-5H2,1H3,(H,7,8). The molecule has 1 N–H and O–H groups in total. The molecule has 0 unspecified atom stereocenters. The van der Waals surface area contributed by atoms with Crippen molar-refractivity contribution < 1.29 is 9.90 Å². The van der Waals surface area contributed by atoms with Crippen molar-refractivity contribution in [1.29, 1.82) is 0 Å². The van der Waals surface area contributed by atoms with Gasteiger partial charge in [0.2, 0.25) is 0 Å². The quantitative estimate of drug-likeness (QED) is 0.502. The van der Waals surface area contributed by atoms with Gasteiger partial charge >= 0.3 is 5.97 Å². The first-order valence-electron chi connectivity index (χ1n) is 3.14. The van der Waals surface area contributed by atoms with Gasteiger partial charge in [-0.1, -0.05) is 21.6 Å². The Labute approximate surface area is 69.2 Å². The lowest BCUT2D eigenvalue weighted by atomic mass is 10.3. The number of carbonyl (C=O) groups is 1. The van der Waals surface area contributed by atoms with Gasteiger partial charge in [-0.15, -0.1) is 0 Å². The summed E-state index contributed by atoms with van der Waals surface area (Å²) in [7, 11) is 3.51. The fraction of sp³-hybridized carbons (Fsp3) is 0.833. The van der Waals surface area contributed by atoms with Crippen molar-refractivity contribution in [3.8, 4) is 0 Å². The molecule has 0 amide bonds. The van der Waals surface area contributed by atoms with Crippen LogP contribution in [0.5, 0.6) is 0 Å². The smallest absolute Gasteiger partial charge is 0.303 e. The summed E-state index contributed by atoms with van der Waals surface area (Å²) in [5.41, 5.74) is 0. The van der Waals surface area contributed by atoms with Crippen molar-refractivity contribution in [3.63, 3.8) is 0 Å². The van der Waals surface area contributed by atoms with Gasteiger partial charge in [0.25, 0.3) is 0 Å². The van der Waals surface area contributed by atoms with Gasteiger partial charge in [0.1, 0.15) is 0 Å². The molecule has 60 valence electrons. The molecule has 0 heterocycles. The number of aliphatic carboxylic acids is 1. The SMILES string of the molecule is CSSCCCCC(=O)O. The fourth-order valence-electron chi connectivity index (χ4n) is 0.521. The van der Waals surface area contributed by atoms with Gasteiger partial charge in [0.15, 0.2) is 0 Å². The number of hydrogen-bond acceptors (Lipinski definition) is 3. The topological polar surface area (TPSA) is 37.3 Å². The zero-order valence-electron chi connectivity index (χ0n) is 6.00. The molecule has 0 radical (unpaired) electrons. The van der Waals surface area contributed by atoms with Gasteiger partial charge in [-0.05, 0) is 19.1 Å². The minimum Gasteiger partial charge on any atom is -0.481 e. The van der Waals surface area contributed by atoms with Crippen LogP contribution in [0.3, 0.4) is 0 Å². The Hall–Kier alpha value is 0.170. The molecule has 2 nitrogen and oxygen atoms in total. The molecule has 0 aromatic carbocycles. The second-order valence-corrected chi connectivity index (χ2v) is 4.52. The van der Waals surface area contributed by atoms with Crippen LogP contribution in [-0.2, 0) is 4.79 Å². The monoisotopic (exact) mass is 180 g/mol. The molecule has 0 bridgehead atoms. The van der Waals surface area contributed by atoms with Crippen LogP contribution < -0.4 is 0 Å². The molecular formula is C6H12O2S2. The average molecular weight is 180 g/mol. The predicted octanol–water partition coefficient (Wildman–Crippen LogP) is 2.25. The van der Waals surface area contributed by atoms with Crippen molar-refractivity contribution in [1.82, 2.24) is 0 Å². The molecule has 0 fully saturated rings. The van der Waals surface area contributed by atoms with Crippen LogP contribution >= 0.6 is 21.6 Å². The van der Waals surface area contributed by atoms with Crippen LogP contribution in [0, 0.1) is 0 Å². The summed E-state index contributed by atoms with van der Waals surface area (Å²) >= 11 is 0. The van der Waals surface area contributed by atoms with Crippen molar-refractivity contribution >= 4 is 27.6 Å². The molecule has 0 aromatic heterocycles. The minimum absolute atomic E-state index is 0.314. The van der Waals surface area contributed by atoms with E-state index in [-0.39, 0.29) is 0 Å². The summed E-state index contributed by atoms with van der Waals surface area (Å²) < 4.78 is 0. The maximum atomic E-state index is 10.0. The molecule has 0 aliphatic carbocycles. The summed E-state index contributed by atoms with van der Waals surface area (Å²) in [4.78, 5) is 10.0. The highest BCUT2D eigenvalue weighted by Gasteiger charge is 1.95. The van der Waals surface area contributed by atoms with E-state index in [0.29, 0.717) is 6.42 Å². The van der Waals surface area contributed by atoms with Crippen molar-refractivity contribution in [2.24, 2.45) is 0 Å². The highest BCUT2D eigenvalue weighted by atomic mass is 33.1. The van der Waals surface area contributed by atoms with E-state index < -0.39 is 5.97 Å². The van der Waals surface area contributed by atoms with Crippen molar-refractivity contribution in [3.05, 3.63) is 0 Å². The Morgan fingerprint density at radius 2 is 2.20 bits per heavy atom. The molecule has 0 saturated heterocycles. The third-order valence-corrected chi connectivity index (χ3v) is 2.88. The minimum atomic E-state index is -0.686. The Bertz CT molecular complexity index is 95.7. The maximum absolute atomic E-state index is 10.0. The molecule has 0 saturated carbocycles. The van der Waals surface area contributed by atoms with E-state index in [2.05, 4.69) is 0 Å². The lowest BCUT2D eigenvalue weighted by Crippen LogP contribution is -1.93. The molecule has 10 heavy (non-hydrogen) atoms. The van der Waals surface area contributed by atoms with Gasteiger partial charge in [0.05, 0.1) is 0 Å². The first kappa shape index (κ1) is 10.2. The van der Waals surface area contributed by atoms with E-state index in [0.717, 1.165) is 18.6 Å². The summed E-state index contributed by atoms with van der Waals surface area (Å²) in [5, 5.41) is 8.26. The molecule has 0 atom stereocenters. The number of hydrogen-bond donors (Lipinski definition) is 1. The van der Waals surface area contributed by atoms with E-state index in [1.807, 2.05) is 6.26 Å². The third kappa shape index (κ3) is 8.17. The first-order chi connectivity index (χ1) is 4.77. The Kier molecular flexibility index (Phi) is 7.40. The predicted molar refractivity (Wildman–Crippen MR) is 47.5 cm³/mol. The lowest BCUT2D eigenvalue weighted by Gasteiger charge is -1.94. The highest BCUT2D eigenvalue weighted by molar-refractivity contribution is 8.76. The van der Waals surface area contributed by atoms with E-state index in [1.165, 1.54) is 0 Å². The van der Waals surface area contributed by atoms with Crippen LogP contribution in [0.2, 0.25) is 0 Å². The zero-order valence-corrected chi connectivity index (χ0v) is 7.63. The van der Waals surface area contributed by atoms with Crippen molar-refractivity contribution in [2.45, 2.75) is 19.3 Å². The number of unbranched alkanes of at least 4 members (excludes halogenated alkanes) is 1. The number of rotatable bonds is 6. The summed E-state index contributed by atoms with van der Waals surface area (Å²) in [6, 6.07) is 0. The van der Waals surface area contributed by atoms with E-state index >= 15 is 0 Å². The van der Waals surface area contributed by atoms with Crippen LogP contribution in [-0.4, -0.2) is 23.1 Å². The molecule has 0 rings (SSSR count). The summed E-state index contributed by atoms with van der Waals surface area (Å²) in [6.45, 7) is 0. The summed E-state index contributed by atoms with van der Waals surface area (Å²) in [5.74, 6) is 0.378. The normalized spacial score (nSPS) is 9.70. The maximum Gasteiger partial charge on any atom is 0.303 e. The largest absolute Gasteiger partial charge is 0.481 e. The lowest BCUT2D eigenvalue weighted by molar-refractivity contribution is -0.137. The van der Waals surface area contributed by atoms with Gasteiger partial charge in [0, 0.05) is 12.2 Å². The van der Waals surface area contributed by atoms with Crippen molar-refractivity contribution in [2.75, 3.05) is 12.0 Å². The third-order valence-electron chi connectivity index (χ3n) is 0.986. The van der Waals surface area contributed by atoms with E-state index in [9.17, 15) is 4.79 Å². The fourth-order valence-corrected chi connectivity index (χ4v) is 1.86. The van der Waals surface area contributed by atoms with Crippen LogP contribution in [0.25, 0.3) is 0 Å². The first-order valence-corrected chi connectivity index (χ1v) is 5.87. The second-order valence-electron chi connectivity index (χ2n) is 1.84. The molecule has 0 aliphatic rings. The molecule has 0 aromatic rings. The van der Waals surface area contributed by atoms with Gasteiger partial charge in [-0.25, -0.2) is 0 Å². The van der Waals surface area contributed by atoms with Gasteiger partial charge in [-0.2, -0.15) is 0 Å². The zero-order chi connectivity index (χ0) is 7.82. The van der Waals surface area contributed by atoms with Crippen LogP contribution in [0.4, 0.5) is 0 Å². The summed E-state index contributed by atoms with van der Waals surface area (Å²) in [6.07, 6.45) is 4.16. The number of carboxylic acids is 1.